The Morgan fingerprint density at radius 2 is 1.94 bits per heavy atom. The fourth-order valence-electron chi connectivity index (χ4n) is 3.91. The minimum Gasteiger partial charge on any atom is -0.339 e. The minimum absolute atomic E-state index is 0.0285. The number of nitrogens with zero attached hydrogens (tertiary/aromatic N) is 4. The SMILES string of the molecule is Cc1ccc(CS(=O)(=O)N2CCC[C@H](c3cc(Nc4cnccn4)cc(C)n3)C2)cc1. The molecule has 7 nitrogen and oxygen atoms in total. The van der Waals surface area contributed by atoms with Crippen LogP contribution >= 0.6 is 0 Å². The normalized spacial score (nSPS) is 17.4. The largest absolute Gasteiger partial charge is 0.339 e. The molecule has 1 N–H and O–H groups in total. The molecule has 0 spiro atoms. The lowest BCUT2D eigenvalue weighted by molar-refractivity contribution is 0.312. The van der Waals surface area contributed by atoms with Crippen LogP contribution in [0.25, 0.3) is 0 Å². The van der Waals surface area contributed by atoms with Gasteiger partial charge in [-0.25, -0.2) is 17.7 Å². The molecule has 1 saturated heterocycles. The molecular formula is C23H27N5O2S. The number of hydrogen-bond acceptors (Lipinski definition) is 6. The zero-order valence-electron chi connectivity index (χ0n) is 17.8. The molecule has 0 aliphatic carbocycles. The Morgan fingerprint density at radius 3 is 2.68 bits per heavy atom. The second-order valence-corrected chi connectivity index (χ2v) is 10.0. The Labute approximate surface area is 183 Å². The molecule has 0 bridgehead atoms. The van der Waals surface area contributed by atoms with Crippen molar-refractivity contribution in [2.45, 2.75) is 38.4 Å². The number of benzene rings is 1. The molecule has 3 heterocycles. The lowest BCUT2D eigenvalue weighted by Gasteiger charge is -2.32. The third-order valence-electron chi connectivity index (χ3n) is 5.47. The number of piperidine rings is 1. The first kappa shape index (κ1) is 21.4. The first-order valence-electron chi connectivity index (χ1n) is 10.4. The summed E-state index contributed by atoms with van der Waals surface area (Å²) < 4.78 is 27.8. The van der Waals surface area contributed by atoms with E-state index in [1.165, 1.54) is 0 Å². The van der Waals surface area contributed by atoms with Gasteiger partial charge in [-0.15, -0.1) is 0 Å². The number of anilines is 2. The monoisotopic (exact) mass is 437 g/mol. The van der Waals surface area contributed by atoms with Gasteiger partial charge in [0, 0.05) is 48.5 Å². The summed E-state index contributed by atoms with van der Waals surface area (Å²) in [5.74, 6) is 0.745. The molecule has 0 unspecified atom stereocenters. The van der Waals surface area contributed by atoms with E-state index in [0.29, 0.717) is 18.9 Å². The van der Waals surface area contributed by atoms with E-state index in [-0.39, 0.29) is 11.7 Å². The van der Waals surface area contributed by atoms with E-state index in [1.54, 1.807) is 22.9 Å². The molecule has 0 saturated carbocycles. The number of hydrogen-bond donors (Lipinski definition) is 1. The van der Waals surface area contributed by atoms with Crippen molar-refractivity contribution in [1.82, 2.24) is 19.3 Å². The fourth-order valence-corrected chi connectivity index (χ4v) is 5.52. The number of rotatable bonds is 6. The van der Waals surface area contributed by atoms with Crippen LogP contribution in [0.4, 0.5) is 11.5 Å². The van der Waals surface area contributed by atoms with Gasteiger partial charge in [0.25, 0.3) is 0 Å². The number of aromatic nitrogens is 3. The Balaban J connectivity index is 1.51. The molecule has 2 aromatic heterocycles. The fraction of sp³-hybridized carbons (Fsp3) is 0.348. The predicted octanol–water partition coefficient (Wildman–Crippen LogP) is 3.94. The van der Waals surface area contributed by atoms with Crippen LogP contribution in [-0.4, -0.2) is 40.8 Å². The molecule has 1 aliphatic heterocycles. The topological polar surface area (TPSA) is 88.1 Å². The highest BCUT2D eigenvalue weighted by molar-refractivity contribution is 7.88. The van der Waals surface area contributed by atoms with Crippen LogP contribution in [-0.2, 0) is 15.8 Å². The van der Waals surface area contributed by atoms with Gasteiger partial charge in [0.1, 0.15) is 5.82 Å². The molecule has 31 heavy (non-hydrogen) atoms. The van der Waals surface area contributed by atoms with Crippen molar-refractivity contribution in [1.29, 1.82) is 0 Å². The molecular weight excluding hydrogens is 410 g/mol. The van der Waals surface area contributed by atoms with E-state index in [4.69, 9.17) is 4.98 Å². The van der Waals surface area contributed by atoms with Gasteiger partial charge in [0.05, 0.1) is 11.9 Å². The smallest absolute Gasteiger partial charge is 0.218 e. The lowest BCUT2D eigenvalue weighted by Crippen LogP contribution is -2.40. The van der Waals surface area contributed by atoms with Crippen LogP contribution in [0.1, 0.15) is 41.3 Å². The molecule has 1 fully saturated rings. The van der Waals surface area contributed by atoms with Crippen LogP contribution in [0.2, 0.25) is 0 Å². The molecule has 0 amide bonds. The average molecular weight is 438 g/mol. The van der Waals surface area contributed by atoms with E-state index in [0.717, 1.165) is 41.0 Å². The molecule has 162 valence electrons. The first-order valence-corrected chi connectivity index (χ1v) is 12.0. The van der Waals surface area contributed by atoms with Crippen molar-refractivity contribution in [2.24, 2.45) is 0 Å². The minimum atomic E-state index is -3.39. The maximum absolute atomic E-state index is 13.1. The van der Waals surface area contributed by atoms with Gasteiger partial charge < -0.3 is 5.32 Å². The maximum atomic E-state index is 13.1. The average Bonchev–Trinajstić information content (AvgIpc) is 2.76. The van der Waals surface area contributed by atoms with Gasteiger partial charge in [0.2, 0.25) is 10.0 Å². The lowest BCUT2D eigenvalue weighted by atomic mass is 9.95. The summed E-state index contributed by atoms with van der Waals surface area (Å²) in [6.45, 7) is 4.95. The van der Waals surface area contributed by atoms with E-state index in [2.05, 4.69) is 15.3 Å². The standard InChI is InChI=1S/C23H27N5O2S/c1-17-5-7-19(8-6-17)16-31(29,30)28-11-3-4-20(15-28)22-13-21(12-18(2)26-22)27-23-14-24-9-10-25-23/h5-10,12-14,20H,3-4,11,15-16H2,1-2H3,(H,25,26,27)/t20-/m0/s1. The number of sulfonamides is 1. The van der Waals surface area contributed by atoms with Gasteiger partial charge >= 0.3 is 0 Å². The Kier molecular flexibility index (Phi) is 6.29. The molecule has 1 aromatic carbocycles. The van der Waals surface area contributed by atoms with Crippen LogP contribution in [0.5, 0.6) is 0 Å². The summed E-state index contributed by atoms with van der Waals surface area (Å²) in [5, 5.41) is 3.26. The van der Waals surface area contributed by atoms with Crippen molar-refractivity contribution >= 4 is 21.5 Å². The Morgan fingerprint density at radius 1 is 1.13 bits per heavy atom. The summed E-state index contributed by atoms with van der Waals surface area (Å²) >= 11 is 0. The van der Waals surface area contributed by atoms with Crippen LogP contribution in [0, 0.1) is 13.8 Å². The molecule has 3 aromatic rings. The van der Waals surface area contributed by atoms with Crippen molar-refractivity contribution in [3.05, 3.63) is 77.5 Å². The van der Waals surface area contributed by atoms with Gasteiger partial charge in [-0.1, -0.05) is 29.8 Å². The highest BCUT2D eigenvalue weighted by atomic mass is 32.2. The van der Waals surface area contributed by atoms with Crippen molar-refractivity contribution in [3.8, 4) is 0 Å². The van der Waals surface area contributed by atoms with Gasteiger partial charge in [-0.3, -0.25) is 9.97 Å². The van der Waals surface area contributed by atoms with E-state index in [9.17, 15) is 8.42 Å². The van der Waals surface area contributed by atoms with Gasteiger partial charge in [-0.05, 0) is 44.4 Å². The van der Waals surface area contributed by atoms with E-state index < -0.39 is 10.0 Å². The second-order valence-electron chi connectivity index (χ2n) is 8.08. The number of aryl methyl sites for hydroxylation is 2. The number of pyridine rings is 1. The molecule has 1 aliphatic rings. The predicted molar refractivity (Wildman–Crippen MR) is 122 cm³/mol. The zero-order valence-corrected chi connectivity index (χ0v) is 18.6. The summed E-state index contributed by atoms with van der Waals surface area (Å²) in [5.41, 5.74) is 4.60. The van der Waals surface area contributed by atoms with Crippen LogP contribution in [0.3, 0.4) is 0 Å². The molecule has 1 atom stereocenters. The molecule has 4 rings (SSSR count). The third kappa shape index (κ3) is 5.45. The Bertz CT molecular complexity index is 1130. The highest BCUT2D eigenvalue weighted by Crippen LogP contribution is 2.30. The first-order chi connectivity index (χ1) is 14.9. The highest BCUT2D eigenvalue weighted by Gasteiger charge is 2.30. The van der Waals surface area contributed by atoms with Crippen molar-refractivity contribution in [3.63, 3.8) is 0 Å². The van der Waals surface area contributed by atoms with Crippen molar-refractivity contribution < 1.29 is 8.42 Å². The summed E-state index contributed by atoms with van der Waals surface area (Å²) in [6.07, 6.45) is 6.66. The molecule has 8 heteroatoms. The maximum Gasteiger partial charge on any atom is 0.218 e. The second kappa shape index (κ2) is 9.11. The zero-order chi connectivity index (χ0) is 21.8. The third-order valence-corrected chi connectivity index (χ3v) is 7.29. The Hall–Kier alpha value is -2.84. The molecule has 0 radical (unpaired) electrons. The van der Waals surface area contributed by atoms with Crippen LogP contribution < -0.4 is 5.32 Å². The van der Waals surface area contributed by atoms with Gasteiger partial charge in [-0.2, -0.15) is 0 Å². The van der Waals surface area contributed by atoms with Crippen LogP contribution in [0.15, 0.2) is 55.0 Å². The number of nitrogens with one attached hydrogen (secondary N) is 1. The summed E-state index contributed by atoms with van der Waals surface area (Å²) in [6, 6.07) is 11.6. The van der Waals surface area contributed by atoms with Gasteiger partial charge in [0.15, 0.2) is 0 Å². The quantitative estimate of drug-likeness (QED) is 0.628. The summed E-state index contributed by atoms with van der Waals surface area (Å²) in [7, 11) is -3.39. The van der Waals surface area contributed by atoms with Crippen molar-refractivity contribution in [2.75, 3.05) is 18.4 Å². The van der Waals surface area contributed by atoms with E-state index in [1.807, 2.05) is 50.2 Å². The summed E-state index contributed by atoms with van der Waals surface area (Å²) in [4.78, 5) is 13.0. The van der Waals surface area contributed by atoms with E-state index >= 15 is 0 Å².